The first-order valence-electron chi connectivity index (χ1n) is 10.6. The summed E-state index contributed by atoms with van der Waals surface area (Å²) in [6.07, 6.45) is 1.60. The smallest absolute Gasteiger partial charge is 0.315 e. The van der Waals surface area contributed by atoms with Crippen molar-refractivity contribution in [1.82, 2.24) is 15.5 Å². The Morgan fingerprint density at radius 1 is 1.10 bits per heavy atom. The zero-order chi connectivity index (χ0) is 21.2. The summed E-state index contributed by atoms with van der Waals surface area (Å²) in [5, 5.41) is 5.95. The first-order chi connectivity index (χ1) is 14.6. The highest BCUT2D eigenvalue weighted by molar-refractivity contribution is 5.74. The van der Waals surface area contributed by atoms with Crippen molar-refractivity contribution in [2.45, 2.75) is 33.0 Å². The second-order valence-electron chi connectivity index (χ2n) is 7.98. The molecule has 7 nitrogen and oxygen atoms in total. The SMILES string of the molecule is CC(C)COCC(NC(=O)NCc1ccccc1CN1CCOCC1)c1ccco1. The maximum absolute atomic E-state index is 12.6. The fraction of sp³-hybridized carbons (Fsp3) is 0.522. The highest BCUT2D eigenvalue weighted by Gasteiger charge is 2.18. The topological polar surface area (TPSA) is 76.0 Å². The molecule has 164 valence electrons. The van der Waals surface area contributed by atoms with Gasteiger partial charge in [0.1, 0.15) is 11.8 Å². The molecular weight excluding hydrogens is 382 g/mol. The van der Waals surface area contributed by atoms with E-state index in [0.717, 1.165) is 38.4 Å². The van der Waals surface area contributed by atoms with Gasteiger partial charge >= 0.3 is 6.03 Å². The lowest BCUT2D eigenvalue weighted by Gasteiger charge is -2.27. The van der Waals surface area contributed by atoms with Crippen molar-refractivity contribution in [2.75, 3.05) is 39.5 Å². The fourth-order valence-electron chi connectivity index (χ4n) is 3.38. The zero-order valence-corrected chi connectivity index (χ0v) is 17.9. The van der Waals surface area contributed by atoms with Gasteiger partial charge in [-0.2, -0.15) is 0 Å². The summed E-state index contributed by atoms with van der Waals surface area (Å²) in [7, 11) is 0. The molecule has 1 atom stereocenters. The number of furan rings is 1. The highest BCUT2D eigenvalue weighted by Crippen LogP contribution is 2.15. The van der Waals surface area contributed by atoms with Gasteiger partial charge in [0, 0.05) is 32.8 Å². The second kappa shape index (κ2) is 11.7. The van der Waals surface area contributed by atoms with Gasteiger partial charge in [-0.05, 0) is 29.2 Å². The van der Waals surface area contributed by atoms with Crippen LogP contribution in [0.25, 0.3) is 0 Å². The maximum atomic E-state index is 12.6. The second-order valence-corrected chi connectivity index (χ2v) is 7.98. The minimum absolute atomic E-state index is 0.245. The van der Waals surface area contributed by atoms with Crippen molar-refractivity contribution in [2.24, 2.45) is 5.92 Å². The standard InChI is InChI=1S/C23H33N3O4/c1-18(2)16-29-17-21(22-8-5-11-30-22)25-23(27)24-14-19-6-3-4-7-20(19)15-26-9-12-28-13-10-26/h3-8,11,18,21H,9-10,12-17H2,1-2H3,(H2,24,25,27). The fourth-order valence-corrected chi connectivity index (χ4v) is 3.38. The van der Waals surface area contributed by atoms with E-state index in [0.29, 0.717) is 31.4 Å². The van der Waals surface area contributed by atoms with Crippen molar-refractivity contribution in [3.8, 4) is 0 Å². The Morgan fingerprint density at radius 3 is 2.57 bits per heavy atom. The molecule has 2 aromatic rings. The molecule has 1 aromatic heterocycles. The minimum Gasteiger partial charge on any atom is -0.467 e. The van der Waals surface area contributed by atoms with Crippen LogP contribution in [0.1, 0.15) is 36.8 Å². The molecule has 1 aromatic carbocycles. The van der Waals surface area contributed by atoms with E-state index in [1.165, 1.54) is 5.56 Å². The summed E-state index contributed by atoms with van der Waals surface area (Å²) in [4.78, 5) is 15.0. The molecule has 1 fully saturated rings. The molecule has 1 saturated heterocycles. The molecule has 2 N–H and O–H groups in total. The van der Waals surface area contributed by atoms with E-state index in [1.54, 1.807) is 6.26 Å². The Balaban J connectivity index is 1.53. The van der Waals surface area contributed by atoms with Gasteiger partial charge in [0.25, 0.3) is 0 Å². The monoisotopic (exact) mass is 415 g/mol. The Hall–Kier alpha value is -2.35. The Kier molecular flexibility index (Phi) is 8.74. The molecule has 7 heteroatoms. The van der Waals surface area contributed by atoms with Crippen LogP contribution >= 0.6 is 0 Å². The van der Waals surface area contributed by atoms with Crippen LogP contribution in [-0.4, -0.2) is 50.4 Å². The third-order valence-corrected chi connectivity index (χ3v) is 4.98. The third kappa shape index (κ3) is 7.16. The summed E-state index contributed by atoms with van der Waals surface area (Å²) >= 11 is 0. The van der Waals surface area contributed by atoms with Crippen LogP contribution in [0.4, 0.5) is 4.79 Å². The van der Waals surface area contributed by atoms with E-state index < -0.39 is 0 Å². The molecular formula is C23H33N3O4. The lowest BCUT2D eigenvalue weighted by molar-refractivity contribution is 0.0341. The molecule has 30 heavy (non-hydrogen) atoms. The number of ether oxygens (including phenoxy) is 2. The average molecular weight is 416 g/mol. The summed E-state index contributed by atoms with van der Waals surface area (Å²) < 4.78 is 16.6. The van der Waals surface area contributed by atoms with Gasteiger partial charge in [-0.15, -0.1) is 0 Å². The summed E-state index contributed by atoms with van der Waals surface area (Å²) in [5.74, 6) is 1.11. The van der Waals surface area contributed by atoms with E-state index in [-0.39, 0.29) is 12.1 Å². The van der Waals surface area contributed by atoms with Gasteiger partial charge in [-0.1, -0.05) is 38.1 Å². The zero-order valence-electron chi connectivity index (χ0n) is 17.9. The van der Waals surface area contributed by atoms with Crippen LogP contribution < -0.4 is 10.6 Å². The van der Waals surface area contributed by atoms with Gasteiger partial charge in [0.2, 0.25) is 0 Å². The molecule has 0 bridgehead atoms. The number of hydrogen-bond acceptors (Lipinski definition) is 5. The molecule has 0 radical (unpaired) electrons. The Morgan fingerprint density at radius 2 is 1.87 bits per heavy atom. The third-order valence-electron chi connectivity index (χ3n) is 4.98. The van der Waals surface area contributed by atoms with Crippen molar-refractivity contribution in [3.63, 3.8) is 0 Å². The largest absolute Gasteiger partial charge is 0.467 e. The predicted molar refractivity (Wildman–Crippen MR) is 115 cm³/mol. The molecule has 2 heterocycles. The maximum Gasteiger partial charge on any atom is 0.315 e. The Bertz CT molecular complexity index is 758. The normalized spacial score (nSPS) is 15.8. The number of nitrogens with zero attached hydrogens (tertiary/aromatic N) is 1. The van der Waals surface area contributed by atoms with Gasteiger partial charge in [-0.25, -0.2) is 4.79 Å². The van der Waals surface area contributed by atoms with Crippen molar-refractivity contribution < 1.29 is 18.7 Å². The van der Waals surface area contributed by atoms with E-state index >= 15 is 0 Å². The highest BCUT2D eigenvalue weighted by atomic mass is 16.5. The number of benzene rings is 1. The van der Waals surface area contributed by atoms with Crippen molar-refractivity contribution in [3.05, 3.63) is 59.5 Å². The van der Waals surface area contributed by atoms with Crippen LogP contribution in [0, 0.1) is 5.92 Å². The van der Waals surface area contributed by atoms with Crippen LogP contribution in [0.3, 0.4) is 0 Å². The molecule has 1 aliphatic heterocycles. The number of carbonyl (C=O) groups excluding carboxylic acids is 1. The number of morpholine rings is 1. The number of hydrogen-bond donors (Lipinski definition) is 2. The van der Waals surface area contributed by atoms with Crippen LogP contribution in [0.2, 0.25) is 0 Å². The van der Waals surface area contributed by atoms with Crippen LogP contribution in [0.15, 0.2) is 47.1 Å². The van der Waals surface area contributed by atoms with Crippen molar-refractivity contribution in [1.29, 1.82) is 0 Å². The predicted octanol–water partition coefficient (Wildman–Crippen LogP) is 3.32. The molecule has 1 unspecified atom stereocenters. The number of urea groups is 1. The summed E-state index contributed by atoms with van der Waals surface area (Å²) in [6, 6.07) is 11.3. The average Bonchev–Trinajstić information content (AvgIpc) is 3.28. The molecule has 2 amide bonds. The van der Waals surface area contributed by atoms with E-state index in [2.05, 4.69) is 41.5 Å². The lowest BCUT2D eigenvalue weighted by Crippen LogP contribution is -2.39. The summed E-state index contributed by atoms with van der Waals surface area (Å²) in [5.41, 5.74) is 2.34. The van der Waals surface area contributed by atoms with Gasteiger partial charge < -0.3 is 24.5 Å². The summed E-state index contributed by atoms with van der Waals surface area (Å²) in [6.45, 7) is 9.93. The van der Waals surface area contributed by atoms with Crippen LogP contribution in [-0.2, 0) is 22.6 Å². The first kappa shape index (κ1) is 22.3. The Labute approximate surface area is 178 Å². The number of nitrogens with one attached hydrogen (secondary N) is 2. The molecule has 0 spiro atoms. The molecule has 3 rings (SSSR count). The molecule has 1 aliphatic rings. The number of carbonyl (C=O) groups is 1. The van der Waals surface area contributed by atoms with E-state index in [1.807, 2.05) is 24.3 Å². The number of rotatable bonds is 10. The lowest BCUT2D eigenvalue weighted by atomic mass is 10.1. The quantitative estimate of drug-likeness (QED) is 0.623. The number of amides is 2. The van der Waals surface area contributed by atoms with Gasteiger partial charge in [0.05, 0.1) is 26.1 Å². The first-order valence-corrected chi connectivity index (χ1v) is 10.6. The van der Waals surface area contributed by atoms with Gasteiger partial charge in [0.15, 0.2) is 0 Å². The minimum atomic E-state index is -0.331. The van der Waals surface area contributed by atoms with Gasteiger partial charge in [-0.3, -0.25) is 4.90 Å². The van der Waals surface area contributed by atoms with Crippen molar-refractivity contribution >= 4 is 6.03 Å². The van der Waals surface area contributed by atoms with E-state index in [9.17, 15) is 4.79 Å². The molecule has 0 aliphatic carbocycles. The van der Waals surface area contributed by atoms with Crippen LogP contribution in [0.5, 0.6) is 0 Å². The van der Waals surface area contributed by atoms with E-state index in [4.69, 9.17) is 13.9 Å². The molecule has 0 saturated carbocycles.